The summed E-state index contributed by atoms with van der Waals surface area (Å²) in [5.41, 5.74) is 1.01. The van der Waals surface area contributed by atoms with Crippen molar-refractivity contribution in [1.82, 2.24) is 9.97 Å². The third-order valence-electron chi connectivity index (χ3n) is 2.03. The van der Waals surface area contributed by atoms with Crippen molar-refractivity contribution in [2.24, 2.45) is 0 Å². The Morgan fingerprint density at radius 2 is 2.31 bits per heavy atom. The fourth-order valence-corrected chi connectivity index (χ4v) is 1.66. The summed E-state index contributed by atoms with van der Waals surface area (Å²) >= 11 is 5.71. The lowest BCUT2D eigenvalue weighted by Gasteiger charge is -2.04. The lowest BCUT2D eigenvalue weighted by atomic mass is 10.2. The van der Waals surface area contributed by atoms with Crippen molar-refractivity contribution in [3.05, 3.63) is 10.8 Å². The van der Waals surface area contributed by atoms with E-state index >= 15 is 0 Å². The number of hydrogen-bond donors (Lipinski definition) is 1. The smallest absolute Gasteiger partial charge is 0.227 e. The highest BCUT2D eigenvalue weighted by Crippen LogP contribution is 2.31. The van der Waals surface area contributed by atoms with E-state index in [4.69, 9.17) is 16.3 Å². The number of halogens is 1. The van der Waals surface area contributed by atoms with Gasteiger partial charge < -0.3 is 10.1 Å². The summed E-state index contributed by atoms with van der Waals surface area (Å²) in [4.78, 5) is 8.07. The van der Waals surface area contributed by atoms with E-state index in [9.17, 15) is 0 Å². The fraction of sp³-hybridized carbons (Fsp3) is 0.500. The first kappa shape index (κ1) is 8.56. The highest BCUT2D eigenvalue weighted by molar-refractivity contribution is 6.28. The van der Waals surface area contributed by atoms with Crippen LogP contribution in [0.5, 0.6) is 5.88 Å². The van der Waals surface area contributed by atoms with Crippen LogP contribution in [0.2, 0.25) is 5.28 Å². The maximum Gasteiger partial charge on any atom is 0.227 e. The van der Waals surface area contributed by atoms with Gasteiger partial charge in [-0.05, 0) is 18.5 Å². The molecule has 0 radical (unpaired) electrons. The van der Waals surface area contributed by atoms with E-state index in [1.165, 1.54) is 0 Å². The van der Waals surface area contributed by atoms with Crippen LogP contribution in [0.25, 0.3) is 0 Å². The van der Waals surface area contributed by atoms with Crippen LogP contribution in [-0.4, -0.2) is 23.1 Å². The molecule has 1 aromatic rings. The summed E-state index contributed by atoms with van der Waals surface area (Å²) in [6.07, 6.45) is 0.885. The van der Waals surface area contributed by atoms with E-state index in [-0.39, 0.29) is 5.28 Å². The molecule has 0 aliphatic carbocycles. The predicted octanol–water partition coefficient (Wildman–Crippen LogP) is 1.50. The Kier molecular flexibility index (Phi) is 2.00. The third kappa shape index (κ3) is 1.42. The van der Waals surface area contributed by atoms with Crippen LogP contribution in [0.3, 0.4) is 0 Å². The number of nitrogens with one attached hydrogen (secondary N) is 1. The van der Waals surface area contributed by atoms with E-state index in [1.807, 2.05) is 0 Å². The second kappa shape index (κ2) is 3.03. The van der Waals surface area contributed by atoms with Crippen LogP contribution in [0.15, 0.2) is 0 Å². The molecule has 0 bridgehead atoms. The van der Waals surface area contributed by atoms with Gasteiger partial charge in [-0.2, -0.15) is 4.98 Å². The molecule has 70 valence electrons. The molecule has 0 amide bonds. The Bertz CT molecular complexity index is 342. The average Bonchev–Trinajstić information content (AvgIpc) is 2.43. The molecule has 4 nitrogen and oxygen atoms in total. The molecule has 1 atom stereocenters. The van der Waals surface area contributed by atoms with Gasteiger partial charge >= 0.3 is 0 Å². The second-order valence-electron chi connectivity index (χ2n) is 3.08. The maximum absolute atomic E-state index is 5.71. The number of anilines is 1. The minimum atomic E-state index is 0.220. The SMILES string of the molecule is COc1nc(Cl)nc2c1C[C@H](C)N2. The molecule has 1 N–H and O–H groups in total. The fourth-order valence-electron chi connectivity index (χ4n) is 1.50. The summed E-state index contributed by atoms with van der Waals surface area (Å²) in [6.45, 7) is 2.08. The highest BCUT2D eigenvalue weighted by atomic mass is 35.5. The molecule has 2 rings (SSSR count). The Hall–Kier alpha value is -1.03. The van der Waals surface area contributed by atoms with Crippen molar-refractivity contribution in [1.29, 1.82) is 0 Å². The molecule has 0 spiro atoms. The van der Waals surface area contributed by atoms with Gasteiger partial charge in [0.05, 0.1) is 12.7 Å². The molecule has 0 saturated carbocycles. The number of aromatic nitrogens is 2. The third-order valence-corrected chi connectivity index (χ3v) is 2.20. The second-order valence-corrected chi connectivity index (χ2v) is 3.42. The monoisotopic (exact) mass is 199 g/mol. The molecule has 0 unspecified atom stereocenters. The van der Waals surface area contributed by atoms with Gasteiger partial charge in [-0.25, -0.2) is 4.98 Å². The Morgan fingerprint density at radius 1 is 1.54 bits per heavy atom. The quantitative estimate of drug-likeness (QED) is 0.697. The van der Waals surface area contributed by atoms with Crippen LogP contribution >= 0.6 is 11.6 Å². The molecule has 0 saturated heterocycles. The molecule has 1 aliphatic heterocycles. The number of hydrogen-bond acceptors (Lipinski definition) is 4. The first-order valence-corrected chi connectivity index (χ1v) is 4.45. The summed E-state index contributed by atoms with van der Waals surface area (Å²) in [5, 5.41) is 3.42. The predicted molar refractivity (Wildman–Crippen MR) is 50.4 cm³/mol. The van der Waals surface area contributed by atoms with Crippen molar-refractivity contribution in [2.45, 2.75) is 19.4 Å². The summed E-state index contributed by atoms with van der Waals surface area (Å²) in [5.74, 6) is 1.37. The van der Waals surface area contributed by atoms with Gasteiger partial charge in [-0.3, -0.25) is 0 Å². The Morgan fingerprint density at radius 3 is 3.00 bits per heavy atom. The molecule has 1 aromatic heterocycles. The number of nitrogens with zero attached hydrogens (tertiary/aromatic N) is 2. The van der Waals surface area contributed by atoms with Gasteiger partial charge in [0.15, 0.2) is 0 Å². The van der Waals surface area contributed by atoms with Crippen LogP contribution in [-0.2, 0) is 6.42 Å². The molecular weight excluding hydrogens is 190 g/mol. The maximum atomic E-state index is 5.71. The van der Waals surface area contributed by atoms with Crippen molar-refractivity contribution in [2.75, 3.05) is 12.4 Å². The summed E-state index contributed by atoms with van der Waals surface area (Å²) in [7, 11) is 1.59. The summed E-state index contributed by atoms with van der Waals surface area (Å²) in [6, 6.07) is 0.372. The Balaban J connectivity index is 2.50. The van der Waals surface area contributed by atoms with Crippen LogP contribution in [0.4, 0.5) is 5.82 Å². The van der Waals surface area contributed by atoms with Crippen LogP contribution < -0.4 is 10.1 Å². The average molecular weight is 200 g/mol. The van der Waals surface area contributed by atoms with Gasteiger partial charge in [0.2, 0.25) is 11.2 Å². The van der Waals surface area contributed by atoms with Gasteiger partial charge in [0.25, 0.3) is 0 Å². The summed E-state index contributed by atoms with van der Waals surface area (Å²) < 4.78 is 5.11. The molecule has 2 heterocycles. The lowest BCUT2D eigenvalue weighted by molar-refractivity contribution is 0.392. The van der Waals surface area contributed by atoms with Gasteiger partial charge in [-0.15, -0.1) is 0 Å². The normalized spacial score (nSPS) is 19.5. The zero-order chi connectivity index (χ0) is 9.42. The Labute approximate surface area is 81.3 Å². The van der Waals surface area contributed by atoms with E-state index < -0.39 is 0 Å². The molecule has 0 aromatic carbocycles. The van der Waals surface area contributed by atoms with Crippen molar-refractivity contribution < 1.29 is 4.74 Å². The van der Waals surface area contributed by atoms with Crippen molar-refractivity contribution in [3.63, 3.8) is 0 Å². The van der Waals surface area contributed by atoms with Crippen LogP contribution in [0.1, 0.15) is 12.5 Å². The number of ether oxygens (including phenoxy) is 1. The van der Waals surface area contributed by atoms with Gasteiger partial charge in [0, 0.05) is 12.5 Å². The minimum absolute atomic E-state index is 0.220. The van der Waals surface area contributed by atoms with Gasteiger partial charge in [0.1, 0.15) is 5.82 Å². The van der Waals surface area contributed by atoms with Crippen molar-refractivity contribution >= 4 is 17.4 Å². The van der Waals surface area contributed by atoms with E-state index in [0.29, 0.717) is 11.9 Å². The zero-order valence-corrected chi connectivity index (χ0v) is 8.22. The van der Waals surface area contributed by atoms with E-state index in [0.717, 1.165) is 17.8 Å². The van der Waals surface area contributed by atoms with Gasteiger partial charge in [-0.1, -0.05) is 0 Å². The first-order valence-electron chi connectivity index (χ1n) is 4.07. The van der Waals surface area contributed by atoms with Crippen molar-refractivity contribution in [3.8, 4) is 5.88 Å². The molecule has 13 heavy (non-hydrogen) atoms. The minimum Gasteiger partial charge on any atom is -0.481 e. The van der Waals surface area contributed by atoms with E-state index in [2.05, 4.69) is 22.2 Å². The number of methoxy groups -OCH3 is 1. The standard InChI is InChI=1S/C8H10ClN3O/c1-4-3-5-6(10-4)11-8(9)12-7(5)13-2/h4H,3H2,1-2H3,(H,10,11,12)/t4-/m0/s1. The first-order chi connectivity index (χ1) is 6.20. The molecule has 5 heteroatoms. The number of fused-ring (bicyclic) bond motifs is 1. The topological polar surface area (TPSA) is 47.0 Å². The lowest BCUT2D eigenvalue weighted by Crippen LogP contribution is -2.08. The molecule has 0 fully saturated rings. The van der Waals surface area contributed by atoms with Crippen LogP contribution in [0, 0.1) is 0 Å². The highest BCUT2D eigenvalue weighted by Gasteiger charge is 2.23. The largest absolute Gasteiger partial charge is 0.481 e. The van der Waals surface area contributed by atoms with E-state index in [1.54, 1.807) is 7.11 Å². The molecule has 1 aliphatic rings. The molecular formula is C8H10ClN3O. The number of rotatable bonds is 1. The zero-order valence-electron chi connectivity index (χ0n) is 7.47.